The summed E-state index contributed by atoms with van der Waals surface area (Å²) in [6.07, 6.45) is 2.05. The molecule has 1 heterocycles. The maximum atomic E-state index is 12.2. The van der Waals surface area contributed by atoms with Gasteiger partial charge in [0, 0.05) is 18.0 Å². The minimum atomic E-state index is 0.199. The molecule has 1 rings (SSSR count). The first-order chi connectivity index (χ1) is 7.60. The summed E-state index contributed by atoms with van der Waals surface area (Å²) in [6, 6.07) is 2.01. The molecule has 0 aliphatic rings. The van der Waals surface area contributed by atoms with Gasteiger partial charge in [0.15, 0.2) is 0 Å². The lowest BCUT2D eigenvalue weighted by Crippen LogP contribution is -2.31. The van der Waals surface area contributed by atoms with Crippen molar-refractivity contribution in [3.8, 4) is 0 Å². The molecule has 16 heavy (non-hydrogen) atoms. The maximum Gasteiger partial charge on any atom is 0.263 e. The zero-order chi connectivity index (χ0) is 12.1. The van der Waals surface area contributed by atoms with Crippen LogP contribution in [0.15, 0.2) is 6.07 Å². The number of carbonyl (C=O) groups excluding carboxylic acids is 1. The third kappa shape index (κ3) is 3.08. The van der Waals surface area contributed by atoms with Gasteiger partial charge in [0.05, 0.1) is 4.88 Å². The van der Waals surface area contributed by atoms with Gasteiger partial charge in [-0.1, -0.05) is 13.8 Å². The average Bonchev–Trinajstić information content (AvgIpc) is 2.58. The molecular weight excluding hydrogens is 218 g/mol. The van der Waals surface area contributed by atoms with Crippen molar-refractivity contribution in [1.29, 1.82) is 0 Å². The Labute approximate surface area is 102 Å². The molecule has 0 saturated heterocycles. The molecule has 0 aliphatic carbocycles. The monoisotopic (exact) mass is 239 g/mol. The van der Waals surface area contributed by atoms with E-state index in [2.05, 4.69) is 27.7 Å². The van der Waals surface area contributed by atoms with Crippen molar-refractivity contribution in [2.45, 2.75) is 40.5 Å². The van der Waals surface area contributed by atoms with Crippen molar-refractivity contribution in [2.75, 3.05) is 13.1 Å². The number of hydrogen-bond acceptors (Lipinski definition) is 2. The van der Waals surface area contributed by atoms with E-state index in [4.69, 9.17) is 0 Å². The van der Waals surface area contributed by atoms with Crippen LogP contribution in [0.25, 0.3) is 0 Å². The van der Waals surface area contributed by atoms with E-state index < -0.39 is 0 Å². The van der Waals surface area contributed by atoms with Crippen LogP contribution in [0.3, 0.4) is 0 Å². The molecule has 0 N–H and O–H groups in total. The van der Waals surface area contributed by atoms with Crippen molar-refractivity contribution in [1.82, 2.24) is 4.90 Å². The Morgan fingerprint density at radius 1 is 1.25 bits per heavy atom. The number of nitrogens with zero attached hydrogens (tertiary/aromatic N) is 1. The minimum absolute atomic E-state index is 0.199. The summed E-state index contributed by atoms with van der Waals surface area (Å²) >= 11 is 1.61. The topological polar surface area (TPSA) is 20.3 Å². The lowest BCUT2D eigenvalue weighted by atomic mass is 10.2. The van der Waals surface area contributed by atoms with E-state index in [1.54, 1.807) is 11.3 Å². The van der Waals surface area contributed by atoms with Gasteiger partial charge in [-0.15, -0.1) is 11.3 Å². The Balaban J connectivity index is 2.81. The molecule has 1 aromatic rings. The van der Waals surface area contributed by atoms with Crippen molar-refractivity contribution < 1.29 is 4.79 Å². The summed E-state index contributed by atoms with van der Waals surface area (Å²) in [5, 5.41) is 0. The molecule has 1 amide bonds. The van der Waals surface area contributed by atoms with Crippen LogP contribution in [-0.4, -0.2) is 23.9 Å². The Morgan fingerprint density at radius 2 is 1.81 bits per heavy atom. The molecule has 0 aliphatic heterocycles. The van der Waals surface area contributed by atoms with E-state index in [9.17, 15) is 4.79 Å². The van der Waals surface area contributed by atoms with Gasteiger partial charge < -0.3 is 4.90 Å². The van der Waals surface area contributed by atoms with Crippen molar-refractivity contribution in [3.63, 3.8) is 0 Å². The van der Waals surface area contributed by atoms with Gasteiger partial charge in [-0.2, -0.15) is 0 Å². The Kier molecular flexibility index (Phi) is 5.00. The van der Waals surface area contributed by atoms with Crippen molar-refractivity contribution >= 4 is 17.2 Å². The molecule has 0 aromatic carbocycles. The predicted molar refractivity (Wildman–Crippen MR) is 70.3 cm³/mol. The first-order valence-corrected chi connectivity index (χ1v) is 6.78. The Hall–Kier alpha value is -0.830. The first kappa shape index (κ1) is 13.2. The van der Waals surface area contributed by atoms with Crippen LogP contribution in [0, 0.1) is 13.8 Å². The number of aryl methyl sites for hydroxylation is 2. The highest BCUT2D eigenvalue weighted by atomic mass is 32.1. The second kappa shape index (κ2) is 6.04. The molecule has 0 atom stereocenters. The molecule has 0 fully saturated rings. The van der Waals surface area contributed by atoms with E-state index in [1.807, 2.05) is 11.0 Å². The third-order valence-corrected chi connectivity index (χ3v) is 3.79. The number of amides is 1. The Bertz CT molecular complexity index is 331. The van der Waals surface area contributed by atoms with Crippen molar-refractivity contribution in [2.24, 2.45) is 0 Å². The number of rotatable bonds is 5. The largest absolute Gasteiger partial charge is 0.338 e. The van der Waals surface area contributed by atoms with E-state index in [1.165, 1.54) is 10.4 Å². The molecule has 0 bridgehead atoms. The molecular formula is C13H21NOS. The molecule has 1 aromatic heterocycles. The van der Waals surface area contributed by atoms with Crippen LogP contribution in [0.4, 0.5) is 0 Å². The molecule has 3 heteroatoms. The SMILES string of the molecule is CCCN(CCC)C(=O)c1cc(C)c(C)s1. The summed E-state index contributed by atoms with van der Waals surface area (Å²) in [7, 11) is 0. The maximum absolute atomic E-state index is 12.2. The zero-order valence-corrected chi connectivity index (χ0v) is 11.5. The zero-order valence-electron chi connectivity index (χ0n) is 10.7. The summed E-state index contributed by atoms with van der Waals surface area (Å²) in [5.74, 6) is 0.199. The van der Waals surface area contributed by atoms with Crippen LogP contribution >= 0.6 is 11.3 Å². The first-order valence-electron chi connectivity index (χ1n) is 5.96. The van der Waals surface area contributed by atoms with Crippen LogP contribution in [-0.2, 0) is 0 Å². The third-order valence-electron chi connectivity index (χ3n) is 2.65. The van der Waals surface area contributed by atoms with Gasteiger partial charge in [-0.3, -0.25) is 4.79 Å². The molecule has 2 nitrogen and oxygen atoms in total. The highest BCUT2D eigenvalue weighted by Gasteiger charge is 2.16. The van der Waals surface area contributed by atoms with E-state index in [0.29, 0.717) is 0 Å². The van der Waals surface area contributed by atoms with Gasteiger partial charge in [0.2, 0.25) is 0 Å². The minimum Gasteiger partial charge on any atom is -0.338 e. The lowest BCUT2D eigenvalue weighted by molar-refractivity contribution is 0.0760. The molecule has 0 unspecified atom stereocenters. The number of carbonyl (C=O) groups is 1. The fourth-order valence-electron chi connectivity index (χ4n) is 1.69. The van der Waals surface area contributed by atoms with Gasteiger partial charge in [0.25, 0.3) is 5.91 Å². The number of hydrogen-bond donors (Lipinski definition) is 0. The predicted octanol–water partition coefficient (Wildman–Crippen LogP) is 3.63. The van der Waals surface area contributed by atoms with Gasteiger partial charge >= 0.3 is 0 Å². The summed E-state index contributed by atoms with van der Waals surface area (Å²) in [6.45, 7) is 10.1. The quantitative estimate of drug-likeness (QED) is 0.768. The second-order valence-corrected chi connectivity index (χ2v) is 5.40. The fourth-order valence-corrected chi connectivity index (χ4v) is 2.69. The van der Waals surface area contributed by atoms with Crippen molar-refractivity contribution in [3.05, 3.63) is 21.4 Å². The molecule has 0 spiro atoms. The lowest BCUT2D eigenvalue weighted by Gasteiger charge is -2.20. The summed E-state index contributed by atoms with van der Waals surface area (Å²) < 4.78 is 0. The van der Waals surface area contributed by atoms with Crippen LogP contribution < -0.4 is 0 Å². The number of thiophene rings is 1. The molecule has 0 saturated carbocycles. The summed E-state index contributed by atoms with van der Waals surface area (Å²) in [5.41, 5.74) is 1.22. The van der Waals surface area contributed by atoms with Gasteiger partial charge in [0.1, 0.15) is 0 Å². The van der Waals surface area contributed by atoms with E-state index >= 15 is 0 Å². The highest BCUT2D eigenvalue weighted by molar-refractivity contribution is 7.14. The second-order valence-electron chi connectivity index (χ2n) is 4.14. The van der Waals surface area contributed by atoms with Crippen LogP contribution in [0.5, 0.6) is 0 Å². The Morgan fingerprint density at radius 3 is 2.19 bits per heavy atom. The van der Waals surface area contributed by atoms with Gasteiger partial charge in [-0.25, -0.2) is 0 Å². The molecule has 0 radical (unpaired) electrons. The smallest absolute Gasteiger partial charge is 0.263 e. The summed E-state index contributed by atoms with van der Waals surface area (Å²) in [4.78, 5) is 16.3. The van der Waals surface area contributed by atoms with E-state index in [0.717, 1.165) is 30.8 Å². The molecule has 90 valence electrons. The fraction of sp³-hybridized carbons (Fsp3) is 0.615. The van der Waals surface area contributed by atoms with Crippen LogP contribution in [0.2, 0.25) is 0 Å². The van der Waals surface area contributed by atoms with E-state index in [-0.39, 0.29) is 5.91 Å². The average molecular weight is 239 g/mol. The highest BCUT2D eigenvalue weighted by Crippen LogP contribution is 2.22. The standard InChI is InChI=1S/C13H21NOS/c1-5-7-14(8-6-2)13(15)12-9-10(3)11(4)16-12/h9H,5-8H2,1-4H3. The van der Waals surface area contributed by atoms with Crippen LogP contribution in [0.1, 0.15) is 46.8 Å². The van der Waals surface area contributed by atoms with Gasteiger partial charge in [-0.05, 0) is 38.3 Å². The normalized spacial score (nSPS) is 10.5.